The summed E-state index contributed by atoms with van der Waals surface area (Å²) in [4.78, 5) is 18.8. The summed E-state index contributed by atoms with van der Waals surface area (Å²) in [5, 5.41) is 5.87. The van der Waals surface area contributed by atoms with Gasteiger partial charge < -0.3 is 15.6 Å². The van der Waals surface area contributed by atoms with E-state index in [-0.39, 0.29) is 29.9 Å². The Kier molecular flexibility index (Phi) is 5.13. The highest BCUT2D eigenvalue weighted by atomic mass is 32.2. The summed E-state index contributed by atoms with van der Waals surface area (Å²) in [7, 11) is -2.99. The van der Waals surface area contributed by atoms with E-state index in [0.717, 1.165) is 18.7 Å². The molecule has 1 unspecified atom stereocenters. The van der Waals surface area contributed by atoms with Crippen LogP contribution >= 0.6 is 0 Å². The zero-order chi connectivity index (χ0) is 14.4. The second kappa shape index (κ2) is 6.85. The molecule has 20 heavy (non-hydrogen) atoms. The average molecular weight is 300 g/mol. The van der Waals surface area contributed by atoms with E-state index in [1.807, 2.05) is 0 Å². The van der Waals surface area contributed by atoms with Crippen LogP contribution in [-0.4, -0.2) is 54.9 Å². The lowest BCUT2D eigenvalue weighted by atomic mass is 10.2. The lowest BCUT2D eigenvalue weighted by Gasteiger charge is -2.23. The molecule has 3 N–H and O–H groups in total. The molecule has 7 nitrogen and oxygen atoms in total. The number of carbonyl (C=O) groups is 1. The molecule has 1 atom stereocenters. The number of rotatable bonds is 6. The van der Waals surface area contributed by atoms with E-state index in [0.29, 0.717) is 13.1 Å². The molecular weight excluding hydrogens is 280 g/mol. The molecule has 1 aromatic rings. The molecule has 0 spiro atoms. The van der Waals surface area contributed by atoms with Gasteiger partial charge in [-0.25, -0.2) is 13.4 Å². The molecule has 8 heteroatoms. The molecule has 0 aromatic carbocycles. The molecule has 2 rings (SSSR count). The summed E-state index contributed by atoms with van der Waals surface area (Å²) < 4.78 is 22.9. The number of sulfone groups is 1. The van der Waals surface area contributed by atoms with E-state index in [1.165, 1.54) is 0 Å². The topological polar surface area (TPSA) is 104 Å². The molecule has 1 fully saturated rings. The van der Waals surface area contributed by atoms with Crippen LogP contribution < -0.4 is 10.6 Å². The summed E-state index contributed by atoms with van der Waals surface area (Å²) in [5.74, 6) is 1.000. The van der Waals surface area contributed by atoms with Gasteiger partial charge in [-0.15, -0.1) is 0 Å². The van der Waals surface area contributed by atoms with Gasteiger partial charge in [0.2, 0.25) is 5.91 Å². The van der Waals surface area contributed by atoms with Gasteiger partial charge in [-0.05, 0) is 6.42 Å². The summed E-state index contributed by atoms with van der Waals surface area (Å²) in [5.41, 5.74) is 0. The van der Waals surface area contributed by atoms with Crippen molar-refractivity contribution >= 4 is 15.7 Å². The quantitative estimate of drug-likeness (QED) is 0.599. The highest BCUT2D eigenvalue weighted by Crippen LogP contribution is 2.04. The van der Waals surface area contributed by atoms with Crippen LogP contribution in [0.15, 0.2) is 12.4 Å². The van der Waals surface area contributed by atoms with E-state index < -0.39 is 9.84 Å². The highest BCUT2D eigenvalue weighted by molar-refractivity contribution is 7.91. The van der Waals surface area contributed by atoms with Gasteiger partial charge in [0, 0.05) is 44.4 Å². The molecule has 0 aliphatic carbocycles. The first kappa shape index (κ1) is 15.0. The summed E-state index contributed by atoms with van der Waals surface area (Å²) in [6.45, 7) is 0.998. The van der Waals surface area contributed by atoms with Gasteiger partial charge in [-0.1, -0.05) is 0 Å². The zero-order valence-corrected chi connectivity index (χ0v) is 12.1. The monoisotopic (exact) mass is 300 g/mol. The molecular formula is C12H20N4O3S. The second-order valence-corrected chi connectivity index (χ2v) is 7.19. The van der Waals surface area contributed by atoms with Crippen LogP contribution in [0.1, 0.15) is 18.7 Å². The van der Waals surface area contributed by atoms with Gasteiger partial charge in [0.15, 0.2) is 9.84 Å². The largest absolute Gasteiger partial charge is 0.356 e. The molecule has 1 amide bonds. The van der Waals surface area contributed by atoms with Crippen molar-refractivity contribution in [3.8, 4) is 0 Å². The van der Waals surface area contributed by atoms with Crippen molar-refractivity contribution in [2.45, 2.75) is 25.3 Å². The van der Waals surface area contributed by atoms with E-state index in [4.69, 9.17) is 0 Å². The maximum absolute atomic E-state index is 11.7. The molecule has 1 aliphatic rings. The Balaban J connectivity index is 1.63. The third-order valence-electron chi connectivity index (χ3n) is 3.20. The first-order valence-corrected chi connectivity index (χ1v) is 8.56. The van der Waals surface area contributed by atoms with Crippen LogP contribution in [0.3, 0.4) is 0 Å². The number of carbonyl (C=O) groups excluding carboxylic acids is 1. The number of hydrogen-bond acceptors (Lipinski definition) is 5. The molecule has 1 aliphatic heterocycles. The first-order valence-electron chi connectivity index (χ1n) is 6.74. The van der Waals surface area contributed by atoms with Crippen LogP contribution in [0.25, 0.3) is 0 Å². The van der Waals surface area contributed by atoms with Crippen molar-refractivity contribution in [1.82, 2.24) is 20.6 Å². The van der Waals surface area contributed by atoms with Gasteiger partial charge in [-0.3, -0.25) is 4.79 Å². The molecule has 2 heterocycles. The Bertz CT molecular complexity index is 527. The number of nitrogens with zero attached hydrogens (tertiary/aromatic N) is 1. The van der Waals surface area contributed by atoms with Gasteiger partial charge in [0.25, 0.3) is 0 Å². The van der Waals surface area contributed by atoms with Crippen molar-refractivity contribution in [2.24, 2.45) is 0 Å². The first-order chi connectivity index (χ1) is 9.55. The fraction of sp³-hybridized carbons (Fsp3) is 0.667. The van der Waals surface area contributed by atoms with Gasteiger partial charge >= 0.3 is 0 Å². The van der Waals surface area contributed by atoms with Gasteiger partial charge in [0.1, 0.15) is 5.82 Å². The molecule has 0 bridgehead atoms. The maximum Gasteiger partial charge on any atom is 0.221 e. The van der Waals surface area contributed by atoms with E-state index in [2.05, 4.69) is 20.6 Å². The minimum atomic E-state index is -2.99. The smallest absolute Gasteiger partial charge is 0.221 e. The predicted molar refractivity (Wildman–Crippen MR) is 75.0 cm³/mol. The average Bonchev–Trinajstić information content (AvgIpc) is 2.86. The Hall–Kier alpha value is -1.41. The number of imidazole rings is 1. The molecule has 0 radical (unpaired) electrons. The fourth-order valence-corrected chi connectivity index (χ4v) is 3.66. The number of nitrogens with one attached hydrogen (secondary N) is 3. The Morgan fingerprint density at radius 1 is 1.50 bits per heavy atom. The van der Waals surface area contributed by atoms with Gasteiger partial charge in [-0.2, -0.15) is 0 Å². The minimum absolute atomic E-state index is 0.0484. The van der Waals surface area contributed by atoms with Crippen molar-refractivity contribution < 1.29 is 13.2 Å². The van der Waals surface area contributed by atoms with Crippen LogP contribution in [0, 0.1) is 0 Å². The maximum atomic E-state index is 11.7. The highest BCUT2D eigenvalue weighted by Gasteiger charge is 2.25. The summed E-state index contributed by atoms with van der Waals surface area (Å²) in [6.07, 6.45) is 5.26. The zero-order valence-electron chi connectivity index (χ0n) is 11.3. The van der Waals surface area contributed by atoms with Crippen LogP contribution in [0.4, 0.5) is 0 Å². The number of hydrogen-bond donors (Lipinski definition) is 3. The van der Waals surface area contributed by atoms with Crippen molar-refractivity contribution in [3.05, 3.63) is 18.2 Å². The van der Waals surface area contributed by atoms with E-state index in [1.54, 1.807) is 12.4 Å². The second-order valence-electron chi connectivity index (χ2n) is 4.96. The molecule has 1 saturated heterocycles. The van der Waals surface area contributed by atoms with E-state index in [9.17, 15) is 13.2 Å². The standard InChI is InChI=1S/C12H20N4O3S/c17-12(8-10-9-20(18,19)7-6-13-10)16-3-1-2-11-14-4-5-15-11/h4-5,10,13H,1-3,6-9H2,(H,14,15)(H,16,17). The molecule has 0 saturated carbocycles. The number of H-pyrrole nitrogens is 1. The SMILES string of the molecule is O=C(CC1CS(=O)(=O)CCN1)NCCCc1ncc[nH]1. The molecule has 112 valence electrons. The fourth-order valence-electron chi connectivity index (χ4n) is 2.21. The number of aromatic amines is 1. The van der Waals surface area contributed by atoms with Crippen molar-refractivity contribution in [3.63, 3.8) is 0 Å². The van der Waals surface area contributed by atoms with Crippen molar-refractivity contribution in [2.75, 3.05) is 24.6 Å². The number of amides is 1. The third-order valence-corrected chi connectivity index (χ3v) is 4.94. The third kappa shape index (κ3) is 4.93. The lowest BCUT2D eigenvalue weighted by molar-refractivity contribution is -0.121. The van der Waals surface area contributed by atoms with E-state index >= 15 is 0 Å². The summed E-state index contributed by atoms with van der Waals surface area (Å²) in [6, 6.07) is -0.265. The number of aryl methyl sites for hydroxylation is 1. The van der Waals surface area contributed by atoms with Crippen LogP contribution in [-0.2, 0) is 21.1 Å². The lowest BCUT2D eigenvalue weighted by Crippen LogP contribution is -2.47. The summed E-state index contributed by atoms with van der Waals surface area (Å²) >= 11 is 0. The van der Waals surface area contributed by atoms with Crippen LogP contribution in [0.2, 0.25) is 0 Å². The van der Waals surface area contributed by atoms with Crippen LogP contribution in [0.5, 0.6) is 0 Å². The van der Waals surface area contributed by atoms with Crippen molar-refractivity contribution in [1.29, 1.82) is 0 Å². The van der Waals surface area contributed by atoms with Gasteiger partial charge in [0.05, 0.1) is 11.5 Å². The Morgan fingerprint density at radius 2 is 2.35 bits per heavy atom. The number of aromatic nitrogens is 2. The predicted octanol–water partition coefficient (Wildman–Crippen LogP) is -0.765. The Labute approximate surface area is 118 Å². The normalized spacial score (nSPS) is 21.5. The molecule has 1 aromatic heterocycles. The Morgan fingerprint density at radius 3 is 3.05 bits per heavy atom. The minimum Gasteiger partial charge on any atom is -0.356 e.